The largest absolute Gasteiger partial charge is 0.494 e. The molecule has 142 valence electrons. The maximum atomic E-state index is 12.7. The zero-order valence-corrected chi connectivity index (χ0v) is 16.2. The molecule has 2 saturated heterocycles. The van der Waals surface area contributed by atoms with E-state index < -0.39 is 7.12 Å². The molecule has 26 heavy (non-hydrogen) atoms. The van der Waals surface area contributed by atoms with Crippen molar-refractivity contribution in [3.8, 4) is 0 Å². The lowest BCUT2D eigenvalue weighted by molar-refractivity contribution is 0.00578. The molecule has 1 aromatic rings. The van der Waals surface area contributed by atoms with E-state index in [2.05, 4.69) is 4.90 Å². The predicted octanol–water partition coefficient (Wildman–Crippen LogP) is 0.736. The van der Waals surface area contributed by atoms with Gasteiger partial charge < -0.3 is 19.3 Å². The van der Waals surface area contributed by atoms with E-state index in [9.17, 15) is 4.79 Å². The first kappa shape index (κ1) is 19.4. The molecule has 7 heteroatoms. The number of aliphatic hydroxyl groups excluding tert-OH is 1. The molecule has 0 aromatic heterocycles. The number of aliphatic hydroxyl groups is 1. The summed E-state index contributed by atoms with van der Waals surface area (Å²) in [6.07, 6.45) is 0. The zero-order valence-electron chi connectivity index (χ0n) is 16.2. The molecule has 2 aliphatic heterocycles. The van der Waals surface area contributed by atoms with Crippen molar-refractivity contribution in [2.45, 2.75) is 38.9 Å². The summed E-state index contributed by atoms with van der Waals surface area (Å²) in [6, 6.07) is 7.53. The van der Waals surface area contributed by atoms with Gasteiger partial charge in [0.15, 0.2) is 0 Å². The van der Waals surface area contributed by atoms with Gasteiger partial charge in [0, 0.05) is 38.3 Å². The Morgan fingerprint density at radius 2 is 1.58 bits per heavy atom. The third-order valence-corrected chi connectivity index (χ3v) is 5.76. The Hall–Kier alpha value is -1.41. The van der Waals surface area contributed by atoms with Crippen molar-refractivity contribution in [2.24, 2.45) is 0 Å². The number of β-amino-alcohol motifs (C(OH)–C–C–N with tert-alkyl or cyclic N) is 1. The van der Waals surface area contributed by atoms with Crippen LogP contribution in [0.15, 0.2) is 24.3 Å². The van der Waals surface area contributed by atoms with Crippen molar-refractivity contribution in [1.82, 2.24) is 9.80 Å². The molecule has 0 unspecified atom stereocenters. The molecule has 6 nitrogen and oxygen atoms in total. The molecule has 2 aliphatic rings. The highest BCUT2D eigenvalue weighted by Crippen LogP contribution is 2.36. The Balaban J connectivity index is 1.62. The fraction of sp³-hybridized carbons (Fsp3) is 0.632. The van der Waals surface area contributed by atoms with E-state index in [0.717, 1.165) is 18.6 Å². The Labute approximate surface area is 156 Å². The molecule has 0 saturated carbocycles. The monoisotopic (exact) mass is 360 g/mol. The Kier molecular flexibility index (Phi) is 5.44. The topological polar surface area (TPSA) is 62.2 Å². The van der Waals surface area contributed by atoms with Gasteiger partial charge in [-0.25, -0.2) is 0 Å². The normalized spacial score (nSPS) is 22.7. The fourth-order valence-electron chi connectivity index (χ4n) is 3.26. The lowest BCUT2D eigenvalue weighted by Gasteiger charge is -2.34. The number of nitrogens with zero attached hydrogens (tertiary/aromatic N) is 2. The van der Waals surface area contributed by atoms with Crippen LogP contribution in [-0.4, -0.2) is 78.5 Å². The van der Waals surface area contributed by atoms with E-state index in [4.69, 9.17) is 14.4 Å². The van der Waals surface area contributed by atoms with Crippen molar-refractivity contribution >= 4 is 18.5 Å². The van der Waals surface area contributed by atoms with Gasteiger partial charge in [-0.05, 0) is 45.3 Å². The molecule has 0 spiro atoms. The average Bonchev–Trinajstić information content (AvgIpc) is 2.83. The van der Waals surface area contributed by atoms with Gasteiger partial charge in [0.2, 0.25) is 0 Å². The number of carbonyl (C=O) groups is 1. The predicted molar refractivity (Wildman–Crippen MR) is 102 cm³/mol. The summed E-state index contributed by atoms with van der Waals surface area (Å²) in [7, 11) is -0.411. The van der Waals surface area contributed by atoms with Crippen LogP contribution in [0.1, 0.15) is 38.1 Å². The fourth-order valence-corrected chi connectivity index (χ4v) is 3.26. The van der Waals surface area contributed by atoms with E-state index in [1.807, 2.05) is 56.9 Å². The minimum absolute atomic E-state index is 0.0501. The second-order valence-corrected chi connectivity index (χ2v) is 8.07. The number of amides is 1. The van der Waals surface area contributed by atoms with E-state index in [-0.39, 0.29) is 23.7 Å². The highest BCUT2D eigenvalue weighted by Gasteiger charge is 2.51. The summed E-state index contributed by atoms with van der Waals surface area (Å²) in [4.78, 5) is 16.7. The van der Waals surface area contributed by atoms with Gasteiger partial charge in [0.05, 0.1) is 17.8 Å². The number of hydrogen-bond acceptors (Lipinski definition) is 5. The number of hydrogen-bond donors (Lipinski definition) is 1. The minimum atomic E-state index is -0.411. The maximum Gasteiger partial charge on any atom is 0.494 e. The van der Waals surface area contributed by atoms with Crippen molar-refractivity contribution in [1.29, 1.82) is 0 Å². The van der Waals surface area contributed by atoms with Crippen molar-refractivity contribution in [3.63, 3.8) is 0 Å². The minimum Gasteiger partial charge on any atom is -0.399 e. The van der Waals surface area contributed by atoms with Gasteiger partial charge >= 0.3 is 7.12 Å². The van der Waals surface area contributed by atoms with Crippen LogP contribution < -0.4 is 5.46 Å². The van der Waals surface area contributed by atoms with Gasteiger partial charge in [-0.3, -0.25) is 9.69 Å². The summed E-state index contributed by atoms with van der Waals surface area (Å²) >= 11 is 0. The molecule has 2 fully saturated rings. The van der Waals surface area contributed by atoms with Gasteiger partial charge in [-0.2, -0.15) is 0 Å². The van der Waals surface area contributed by atoms with Gasteiger partial charge in [-0.1, -0.05) is 12.1 Å². The summed E-state index contributed by atoms with van der Waals surface area (Å²) < 4.78 is 12.1. The second kappa shape index (κ2) is 7.31. The molecule has 0 radical (unpaired) electrons. The van der Waals surface area contributed by atoms with Crippen LogP contribution in [-0.2, 0) is 9.31 Å². The van der Waals surface area contributed by atoms with Crippen LogP contribution in [0.25, 0.3) is 0 Å². The zero-order chi connectivity index (χ0) is 18.9. The number of benzene rings is 1. The first-order valence-electron chi connectivity index (χ1n) is 9.31. The standard InChI is InChI=1S/C19H29BN2O4/c1-18(2)19(3,4)26-20(25-18)16-7-5-15(6-8-16)17(24)22-11-9-21(10-12-22)13-14-23/h5-8,23H,9-14H2,1-4H3. The Morgan fingerprint density at radius 1 is 1.04 bits per heavy atom. The summed E-state index contributed by atoms with van der Waals surface area (Å²) in [6.45, 7) is 11.9. The summed E-state index contributed by atoms with van der Waals surface area (Å²) in [5, 5.41) is 9.01. The summed E-state index contributed by atoms with van der Waals surface area (Å²) in [5.74, 6) is 0.0501. The lowest BCUT2D eigenvalue weighted by Crippen LogP contribution is -2.49. The molecular formula is C19H29BN2O4. The van der Waals surface area contributed by atoms with Gasteiger partial charge in [0.25, 0.3) is 5.91 Å². The number of carbonyl (C=O) groups excluding carboxylic acids is 1. The third kappa shape index (κ3) is 3.81. The molecule has 0 aliphatic carbocycles. The van der Waals surface area contributed by atoms with Crippen LogP contribution in [0.4, 0.5) is 0 Å². The van der Waals surface area contributed by atoms with Crippen molar-refractivity contribution in [3.05, 3.63) is 29.8 Å². The van der Waals surface area contributed by atoms with Crippen molar-refractivity contribution in [2.75, 3.05) is 39.3 Å². The Bertz CT molecular complexity index is 623. The molecule has 0 bridgehead atoms. The van der Waals surface area contributed by atoms with Crippen molar-refractivity contribution < 1.29 is 19.2 Å². The Morgan fingerprint density at radius 3 is 2.08 bits per heavy atom. The van der Waals surface area contributed by atoms with Crippen LogP contribution >= 0.6 is 0 Å². The van der Waals surface area contributed by atoms with Crippen LogP contribution in [0.5, 0.6) is 0 Å². The average molecular weight is 360 g/mol. The smallest absolute Gasteiger partial charge is 0.399 e. The first-order chi connectivity index (χ1) is 12.2. The molecule has 1 N–H and O–H groups in total. The number of piperazine rings is 1. The van der Waals surface area contributed by atoms with Gasteiger partial charge in [0.1, 0.15) is 0 Å². The highest BCUT2D eigenvalue weighted by atomic mass is 16.7. The first-order valence-corrected chi connectivity index (χ1v) is 9.31. The van der Waals surface area contributed by atoms with Crippen LogP contribution in [0, 0.1) is 0 Å². The van der Waals surface area contributed by atoms with E-state index >= 15 is 0 Å². The third-order valence-electron chi connectivity index (χ3n) is 5.76. The molecular weight excluding hydrogens is 331 g/mol. The maximum absolute atomic E-state index is 12.7. The van der Waals surface area contributed by atoms with E-state index in [1.54, 1.807) is 0 Å². The lowest BCUT2D eigenvalue weighted by atomic mass is 9.79. The summed E-state index contributed by atoms with van der Waals surface area (Å²) in [5.41, 5.74) is 0.856. The van der Waals surface area contributed by atoms with Crippen LogP contribution in [0.3, 0.4) is 0 Å². The van der Waals surface area contributed by atoms with Gasteiger partial charge in [-0.15, -0.1) is 0 Å². The molecule has 0 atom stereocenters. The highest BCUT2D eigenvalue weighted by molar-refractivity contribution is 6.62. The molecule has 1 aromatic carbocycles. The molecule has 3 rings (SSSR count). The molecule has 1 amide bonds. The second-order valence-electron chi connectivity index (χ2n) is 8.07. The van der Waals surface area contributed by atoms with E-state index in [1.165, 1.54) is 0 Å². The van der Waals surface area contributed by atoms with E-state index in [0.29, 0.717) is 25.2 Å². The SMILES string of the molecule is CC1(C)OB(c2ccc(C(=O)N3CCN(CCO)CC3)cc2)OC1(C)C. The number of rotatable bonds is 4. The van der Waals surface area contributed by atoms with Crippen LogP contribution in [0.2, 0.25) is 0 Å². The quantitative estimate of drug-likeness (QED) is 0.803. The molecule has 2 heterocycles.